The Balaban J connectivity index is 2.03. The summed E-state index contributed by atoms with van der Waals surface area (Å²) in [6, 6.07) is 6.32. The summed E-state index contributed by atoms with van der Waals surface area (Å²) >= 11 is 0. The summed E-state index contributed by atoms with van der Waals surface area (Å²) in [6.45, 7) is 3.28. The Kier molecular flexibility index (Phi) is 6.40. The molecule has 31 heavy (non-hydrogen) atoms. The second-order valence-electron chi connectivity index (χ2n) is 7.51. The zero-order chi connectivity index (χ0) is 22.8. The largest absolute Gasteiger partial charge is 0.490 e. The maximum absolute atomic E-state index is 13.5. The van der Waals surface area contributed by atoms with Gasteiger partial charge in [-0.05, 0) is 37.1 Å². The third kappa shape index (κ3) is 5.43. The van der Waals surface area contributed by atoms with Crippen LogP contribution in [0.3, 0.4) is 0 Å². The maximum atomic E-state index is 13.5. The molecule has 1 fully saturated rings. The first-order chi connectivity index (χ1) is 14.5. The molecule has 3 rings (SSSR count). The summed E-state index contributed by atoms with van der Waals surface area (Å²) in [5, 5.41) is 3.63. The van der Waals surface area contributed by atoms with Crippen LogP contribution >= 0.6 is 0 Å². The van der Waals surface area contributed by atoms with Gasteiger partial charge in [0.15, 0.2) is 0 Å². The van der Waals surface area contributed by atoms with Crippen molar-refractivity contribution in [1.82, 2.24) is 4.57 Å². The van der Waals surface area contributed by atoms with Crippen molar-refractivity contribution in [2.45, 2.75) is 37.7 Å². The monoisotopic (exact) mass is 453 g/mol. The fraction of sp³-hybridized carbons (Fsp3) is 0.381. The standard InChI is InChI=1S/C21H25F2N3O4S/c1-4-31(28,29)25-15-5-6-19(30-16-7-9-21(22,23)10-8-16)17(12-15)14-11-18(24-2)20(27)26(3)13-14/h4-6,11-13,16,24-25H,1,7-10H2,2-3H3. The van der Waals surface area contributed by atoms with Crippen LogP contribution in [-0.4, -0.2) is 32.1 Å². The highest BCUT2D eigenvalue weighted by Crippen LogP contribution is 2.38. The first kappa shape index (κ1) is 22.8. The minimum Gasteiger partial charge on any atom is -0.490 e. The van der Waals surface area contributed by atoms with Crippen LogP contribution in [0.1, 0.15) is 25.7 Å². The first-order valence-electron chi connectivity index (χ1n) is 9.76. The topological polar surface area (TPSA) is 89.4 Å². The van der Waals surface area contributed by atoms with E-state index in [1.807, 2.05) is 0 Å². The van der Waals surface area contributed by atoms with Crippen molar-refractivity contribution in [2.75, 3.05) is 17.1 Å². The molecular weight excluding hydrogens is 428 g/mol. The second kappa shape index (κ2) is 8.70. The number of alkyl halides is 2. The number of anilines is 2. The minimum atomic E-state index is -3.73. The molecule has 0 unspecified atom stereocenters. The molecule has 7 nitrogen and oxygen atoms in total. The van der Waals surface area contributed by atoms with E-state index in [1.165, 1.54) is 10.6 Å². The zero-order valence-corrected chi connectivity index (χ0v) is 18.1. The lowest BCUT2D eigenvalue weighted by atomic mass is 9.94. The van der Waals surface area contributed by atoms with E-state index in [0.29, 0.717) is 22.6 Å². The van der Waals surface area contributed by atoms with E-state index in [2.05, 4.69) is 16.6 Å². The van der Waals surface area contributed by atoms with Gasteiger partial charge in [-0.1, -0.05) is 6.58 Å². The molecule has 0 spiro atoms. The van der Waals surface area contributed by atoms with Gasteiger partial charge in [-0.2, -0.15) is 0 Å². The summed E-state index contributed by atoms with van der Waals surface area (Å²) in [5.74, 6) is -2.26. The van der Waals surface area contributed by atoms with E-state index in [0.717, 1.165) is 5.41 Å². The van der Waals surface area contributed by atoms with Crippen LogP contribution in [-0.2, 0) is 17.1 Å². The Morgan fingerprint density at radius 1 is 1.26 bits per heavy atom. The summed E-state index contributed by atoms with van der Waals surface area (Å²) in [4.78, 5) is 12.2. The number of pyridine rings is 1. The van der Waals surface area contributed by atoms with E-state index >= 15 is 0 Å². The number of hydrogen-bond donors (Lipinski definition) is 2. The number of aryl methyl sites for hydroxylation is 1. The van der Waals surface area contributed by atoms with Crippen molar-refractivity contribution in [3.63, 3.8) is 0 Å². The molecule has 0 amide bonds. The number of sulfonamides is 1. The van der Waals surface area contributed by atoms with Gasteiger partial charge in [0, 0.05) is 55.4 Å². The highest BCUT2D eigenvalue weighted by atomic mass is 32.2. The number of nitrogens with one attached hydrogen (secondary N) is 2. The first-order valence-corrected chi connectivity index (χ1v) is 11.3. The molecule has 1 aromatic carbocycles. The predicted molar refractivity (Wildman–Crippen MR) is 117 cm³/mol. The number of ether oxygens (including phenoxy) is 1. The van der Waals surface area contributed by atoms with Crippen LogP contribution in [0.5, 0.6) is 5.75 Å². The lowest BCUT2D eigenvalue weighted by molar-refractivity contribution is -0.0581. The lowest BCUT2D eigenvalue weighted by Crippen LogP contribution is -2.30. The van der Waals surface area contributed by atoms with Gasteiger partial charge in [-0.3, -0.25) is 9.52 Å². The number of benzene rings is 1. The van der Waals surface area contributed by atoms with Crippen LogP contribution in [0, 0.1) is 0 Å². The SMILES string of the molecule is C=CS(=O)(=O)Nc1ccc(OC2CCC(F)(F)CC2)c(-c2cc(NC)c(=O)n(C)c2)c1. The lowest BCUT2D eigenvalue weighted by Gasteiger charge is -2.29. The highest BCUT2D eigenvalue weighted by Gasteiger charge is 2.36. The van der Waals surface area contributed by atoms with Gasteiger partial charge in [-0.25, -0.2) is 17.2 Å². The highest BCUT2D eigenvalue weighted by molar-refractivity contribution is 7.95. The number of nitrogens with zero attached hydrogens (tertiary/aromatic N) is 1. The van der Waals surface area contributed by atoms with Gasteiger partial charge in [0.05, 0.1) is 6.10 Å². The van der Waals surface area contributed by atoms with Crippen molar-refractivity contribution in [3.05, 3.63) is 52.8 Å². The molecule has 1 aliphatic carbocycles. The maximum Gasteiger partial charge on any atom is 0.273 e. The molecule has 0 aliphatic heterocycles. The number of hydrogen-bond acceptors (Lipinski definition) is 5. The fourth-order valence-electron chi connectivity index (χ4n) is 3.48. The molecule has 1 heterocycles. The minimum absolute atomic E-state index is 0.215. The average molecular weight is 454 g/mol. The summed E-state index contributed by atoms with van der Waals surface area (Å²) in [7, 11) is -0.512. The average Bonchev–Trinajstić information content (AvgIpc) is 2.72. The number of aromatic nitrogens is 1. The Morgan fingerprint density at radius 3 is 2.55 bits per heavy atom. The molecule has 0 bridgehead atoms. The van der Waals surface area contributed by atoms with Crippen LogP contribution in [0.25, 0.3) is 11.1 Å². The van der Waals surface area contributed by atoms with Crippen molar-refractivity contribution >= 4 is 21.4 Å². The molecule has 1 aromatic heterocycles. The van der Waals surface area contributed by atoms with E-state index in [1.54, 1.807) is 38.5 Å². The molecule has 0 atom stereocenters. The van der Waals surface area contributed by atoms with Crippen molar-refractivity contribution in [3.8, 4) is 16.9 Å². The van der Waals surface area contributed by atoms with Crippen molar-refractivity contribution in [1.29, 1.82) is 0 Å². The van der Waals surface area contributed by atoms with Gasteiger partial charge < -0.3 is 14.6 Å². The molecule has 10 heteroatoms. The fourth-order valence-corrected chi connectivity index (χ4v) is 4.02. The Hall–Kier alpha value is -2.88. The van der Waals surface area contributed by atoms with Gasteiger partial charge in [0.2, 0.25) is 5.92 Å². The number of halogens is 2. The van der Waals surface area contributed by atoms with E-state index in [4.69, 9.17) is 4.74 Å². The third-order valence-electron chi connectivity index (χ3n) is 5.18. The van der Waals surface area contributed by atoms with Crippen LogP contribution in [0.2, 0.25) is 0 Å². The predicted octanol–water partition coefficient (Wildman–Crippen LogP) is 3.94. The van der Waals surface area contributed by atoms with Gasteiger partial charge in [-0.15, -0.1) is 0 Å². The molecule has 168 valence electrons. The van der Waals surface area contributed by atoms with Crippen LogP contribution < -0.4 is 20.3 Å². The number of rotatable bonds is 7. The molecule has 0 saturated heterocycles. The second-order valence-corrected chi connectivity index (χ2v) is 9.13. The van der Waals surface area contributed by atoms with Crippen LogP contribution in [0.15, 0.2) is 47.2 Å². The van der Waals surface area contributed by atoms with Gasteiger partial charge >= 0.3 is 0 Å². The van der Waals surface area contributed by atoms with Crippen LogP contribution in [0.4, 0.5) is 20.2 Å². The van der Waals surface area contributed by atoms with Crippen molar-refractivity contribution < 1.29 is 21.9 Å². The Bertz CT molecular complexity index is 1140. The van der Waals surface area contributed by atoms with E-state index in [-0.39, 0.29) is 43.0 Å². The van der Waals surface area contributed by atoms with Gasteiger partial charge in [0.1, 0.15) is 11.4 Å². The Labute approximate surface area is 179 Å². The summed E-state index contributed by atoms with van der Waals surface area (Å²) in [5.41, 5.74) is 1.51. The molecule has 1 aliphatic rings. The summed E-state index contributed by atoms with van der Waals surface area (Å²) in [6.07, 6.45) is 1.16. The normalized spacial score (nSPS) is 16.5. The van der Waals surface area contributed by atoms with Crippen molar-refractivity contribution in [2.24, 2.45) is 7.05 Å². The van der Waals surface area contributed by atoms with Gasteiger partial charge in [0.25, 0.3) is 15.6 Å². The zero-order valence-electron chi connectivity index (χ0n) is 17.3. The van der Waals surface area contributed by atoms with E-state index in [9.17, 15) is 22.0 Å². The summed E-state index contributed by atoms with van der Waals surface area (Å²) < 4.78 is 60.6. The molecule has 0 radical (unpaired) electrons. The molecule has 2 aromatic rings. The third-order valence-corrected chi connectivity index (χ3v) is 6.14. The molecule has 2 N–H and O–H groups in total. The van der Waals surface area contributed by atoms with E-state index < -0.39 is 15.9 Å². The molecule has 1 saturated carbocycles. The molecular formula is C21H25F2N3O4S. The smallest absolute Gasteiger partial charge is 0.273 e. The Morgan fingerprint density at radius 2 is 1.94 bits per heavy atom. The quantitative estimate of drug-likeness (QED) is 0.663.